The van der Waals surface area contributed by atoms with E-state index in [4.69, 9.17) is 11.2 Å². The average molecular weight is 507 g/mol. The minimum atomic E-state index is -4.39. The number of rotatable bonds is 4. The topological polar surface area (TPSA) is 66.0 Å². The first-order valence-electron chi connectivity index (χ1n) is 11.3. The van der Waals surface area contributed by atoms with Gasteiger partial charge < -0.3 is 19.4 Å². The van der Waals surface area contributed by atoms with Crippen LogP contribution in [0.3, 0.4) is 0 Å². The first kappa shape index (κ1) is 24.9. The molecule has 0 N–H and O–H groups in total. The summed E-state index contributed by atoms with van der Waals surface area (Å²) in [6.07, 6.45) is 1.76. The fourth-order valence-corrected chi connectivity index (χ4v) is 5.25. The van der Waals surface area contributed by atoms with E-state index in [1.54, 1.807) is 21.2 Å². The largest absolute Gasteiger partial charge is 0.436 e. The second-order valence-corrected chi connectivity index (χ2v) is 9.31. The fourth-order valence-electron chi connectivity index (χ4n) is 4.29. The number of carbonyl (C=O) groups is 2. The summed E-state index contributed by atoms with van der Waals surface area (Å²) in [4.78, 5) is 34.7. The van der Waals surface area contributed by atoms with Gasteiger partial charge in [0, 0.05) is 56.3 Å². The van der Waals surface area contributed by atoms with Gasteiger partial charge in [-0.25, -0.2) is 9.78 Å². The molecule has 0 spiro atoms. The number of nitrogens with zero attached hydrogens (tertiary/aromatic N) is 4. The van der Waals surface area contributed by atoms with E-state index < -0.39 is 17.8 Å². The van der Waals surface area contributed by atoms with Crippen LogP contribution in [-0.2, 0) is 10.9 Å². The monoisotopic (exact) mass is 506 g/mol. The van der Waals surface area contributed by atoms with E-state index >= 15 is 0 Å². The molecule has 0 radical (unpaired) electrons. The highest BCUT2D eigenvalue weighted by Gasteiger charge is 2.32. The van der Waals surface area contributed by atoms with E-state index in [2.05, 4.69) is 10.9 Å². The molecule has 0 bridgehead atoms. The molecule has 3 heterocycles. The molecule has 1 aromatic heterocycles. The number of likely N-dealkylation sites (tertiary alicyclic amines) is 1. The summed E-state index contributed by atoms with van der Waals surface area (Å²) in [7, 11) is 0. The highest BCUT2D eigenvalue weighted by molar-refractivity contribution is 7.09. The molecule has 2 amide bonds. The standard InChI is InChI=1S/C24H25F3N4O3S/c1-2-14-34-23(33)31-8-6-17(7-9-31)21-28-20(16-35-21)22(32)30-12-10-29(11-13-30)19-5-3-4-18(15-19)24(25,26)27/h1,3-5,15-17H,6-14H2. The highest BCUT2D eigenvalue weighted by atomic mass is 32.1. The van der Waals surface area contributed by atoms with Gasteiger partial charge in [-0.15, -0.1) is 17.8 Å². The Morgan fingerprint density at radius 1 is 1.11 bits per heavy atom. The Morgan fingerprint density at radius 2 is 1.83 bits per heavy atom. The van der Waals surface area contributed by atoms with E-state index in [1.165, 1.54) is 17.4 Å². The summed E-state index contributed by atoms with van der Waals surface area (Å²) in [5, 5.41) is 2.62. The Hall–Kier alpha value is -3.26. The smallest absolute Gasteiger partial charge is 0.416 e. The van der Waals surface area contributed by atoms with Crippen LogP contribution in [0.15, 0.2) is 29.6 Å². The van der Waals surface area contributed by atoms with Crippen molar-refractivity contribution >= 4 is 29.0 Å². The number of aromatic nitrogens is 1. The molecule has 2 aliphatic rings. The first-order valence-corrected chi connectivity index (χ1v) is 12.2. The molecular formula is C24H25F3N4O3S. The van der Waals surface area contributed by atoms with Crippen molar-refractivity contribution < 1.29 is 27.5 Å². The molecule has 0 unspecified atom stereocenters. The summed E-state index contributed by atoms with van der Waals surface area (Å²) < 4.78 is 44.0. The van der Waals surface area contributed by atoms with Gasteiger partial charge in [-0.3, -0.25) is 4.79 Å². The van der Waals surface area contributed by atoms with Gasteiger partial charge in [-0.05, 0) is 31.0 Å². The van der Waals surface area contributed by atoms with Crippen molar-refractivity contribution in [1.82, 2.24) is 14.8 Å². The molecule has 35 heavy (non-hydrogen) atoms. The number of benzene rings is 1. The lowest BCUT2D eigenvalue weighted by Crippen LogP contribution is -2.49. The van der Waals surface area contributed by atoms with Crippen LogP contribution in [0.1, 0.15) is 39.8 Å². The predicted molar refractivity (Wildman–Crippen MR) is 125 cm³/mol. The number of piperidine rings is 1. The molecule has 1 aromatic carbocycles. The normalized spacial score (nSPS) is 17.3. The van der Waals surface area contributed by atoms with Crippen LogP contribution < -0.4 is 4.90 Å². The zero-order valence-electron chi connectivity index (χ0n) is 19.0. The van der Waals surface area contributed by atoms with Crippen molar-refractivity contribution in [3.05, 3.63) is 45.9 Å². The maximum Gasteiger partial charge on any atom is 0.416 e. The molecule has 2 aliphatic heterocycles. The van der Waals surface area contributed by atoms with Gasteiger partial charge in [0.05, 0.1) is 10.6 Å². The Bertz CT molecular complexity index is 1100. The number of hydrogen-bond donors (Lipinski definition) is 0. The van der Waals surface area contributed by atoms with Crippen LogP contribution >= 0.6 is 11.3 Å². The number of piperazine rings is 1. The Labute approximate surface area is 205 Å². The summed E-state index contributed by atoms with van der Waals surface area (Å²) in [5.74, 6) is 2.26. The van der Waals surface area contributed by atoms with Crippen LogP contribution in [-0.4, -0.2) is 72.7 Å². The predicted octanol–water partition coefficient (Wildman–Crippen LogP) is 4.07. The van der Waals surface area contributed by atoms with Crippen molar-refractivity contribution in [1.29, 1.82) is 0 Å². The van der Waals surface area contributed by atoms with Crippen molar-refractivity contribution in [2.45, 2.75) is 24.9 Å². The van der Waals surface area contributed by atoms with Crippen molar-refractivity contribution in [3.8, 4) is 12.3 Å². The molecule has 186 valence electrons. The first-order chi connectivity index (χ1) is 16.8. The lowest BCUT2D eigenvalue weighted by atomic mass is 9.98. The van der Waals surface area contributed by atoms with Gasteiger partial charge in [-0.2, -0.15) is 13.2 Å². The van der Waals surface area contributed by atoms with Crippen LogP contribution in [0.4, 0.5) is 23.7 Å². The minimum Gasteiger partial charge on any atom is -0.436 e. The van der Waals surface area contributed by atoms with Gasteiger partial charge in [0.2, 0.25) is 0 Å². The number of amides is 2. The number of alkyl halides is 3. The number of ether oxygens (including phenoxy) is 1. The zero-order valence-corrected chi connectivity index (χ0v) is 19.8. The Kier molecular flexibility index (Phi) is 7.50. The molecule has 4 rings (SSSR count). The summed E-state index contributed by atoms with van der Waals surface area (Å²) in [6.45, 7) is 2.71. The molecule has 2 aromatic rings. The number of thiazole rings is 1. The zero-order chi connectivity index (χ0) is 25.0. The Balaban J connectivity index is 1.30. The summed E-state index contributed by atoms with van der Waals surface area (Å²) in [5.41, 5.74) is 0.199. The van der Waals surface area contributed by atoms with Crippen molar-refractivity contribution in [2.75, 3.05) is 50.8 Å². The second kappa shape index (κ2) is 10.6. The Morgan fingerprint density at radius 3 is 2.49 bits per heavy atom. The lowest BCUT2D eigenvalue weighted by Gasteiger charge is -2.36. The van der Waals surface area contributed by atoms with Crippen LogP contribution in [0.25, 0.3) is 0 Å². The van der Waals surface area contributed by atoms with Gasteiger partial charge in [-0.1, -0.05) is 12.0 Å². The third kappa shape index (κ3) is 5.88. The van der Waals surface area contributed by atoms with Gasteiger partial charge in [0.15, 0.2) is 6.61 Å². The third-order valence-corrected chi connectivity index (χ3v) is 7.24. The lowest BCUT2D eigenvalue weighted by molar-refractivity contribution is -0.137. The summed E-state index contributed by atoms with van der Waals surface area (Å²) >= 11 is 1.44. The number of carbonyl (C=O) groups excluding carboxylic acids is 2. The van der Waals surface area contributed by atoms with E-state index in [9.17, 15) is 22.8 Å². The number of anilines is 1. The molecule has 2 saturated heterocycles. The molecule has 7 nitrogen and oxygen atoms in total. The number of terminal acetylenes is 1. The van der Waals surface area contributed by atoms with E-state index in [1.807, 2.05) is 4.90 Å². The number of halogens is 3. The molecule has 0 saturated carbocycles. The van der Waals surface area contributed by atoms with E-state index in [-0.39, 0.29) is 18.4 Å². The molecule has 11 heteroatoms. The number of hydrogen-bond acceptors (Lipinski definition) is 6. The van der Waals surface area contributed by atoms with Gasteiger partial charge in [0.1, 0.15) is 5.69 Å². The highest BCUT2D eigenvalue weighted by Crippen LogP contribution is 2.33. The summed E-state index contributed by atoms with van der Waals surface area (Å²) in [6, 6.07) is 5.25. The maximum absolute atomic E-state index is 13.0. The van der Waals surface area contributed by atoms with Gasteiger partial charge >= 0.3 is 12.3 Å². The molecular weight excluding hydrogens is 481 g/mol. The molecule has 0 aliphatic carbocycles. The quantitative estimate of drug-likeness (QED) is 0.585. The third-order valence-electron chi connectivity index (χ3n) is 6.23. The molecule has 0 atom stereocenters. The second-order valence-electron chi connectivity index (χ2n) is 8.42. The fraction of sp³-hybridized carbons (Fsp3) is 0.458. The SMILES string of the molecule is C#CCOC(=O)N1CCC(c2nc(C(=O)N3CCN(c4cccc(C(F)(F)F)c4)CC3)cs2)CC1. The van der Waals surface area contributed by atoms with Gasteiger partial charge in [0.25, 0.3) is 5.91 Å². The van der Waals surface area contributed by atoms with Crippen LogP contribution in [0.5, 0.6) is 0 Å². The maximum atomic E-state index is 13.0. The van der Waals surface area contributed by atoms with E-state index in [0.29, 0.717) is 50.6 Å². The molecule has 2 fully saturated rings. The minimum absolute atomic E-state index is 0.0507. The van der Waals surface area contributed by atoms with Crippen LogP contribution in [0.2, 0.25) is 0 Å². The van der Waals surface area contributed by atoms with Crippen molar-refractivity contribution in [2.24, 2.45) is 0 Å². The van der Waals surface area contributed by atoms with E-state index in [0.717, 1.165) is 30.0 Å². The van der Waals surface area contributed by atoms with Crippen LogP contribution in [0, 0.1) is 12.3 Å². The average Bonchev–Trinajstić information content (AvgIpc) is 3.37. The van der Waals surface area contributed by atoms with Crippen molar-refractivity contribution in [3.63, 3.8) is 0 Å².